The normalized spacial score (nSPS) is 30.1. The predicted octanol–water partition coefficient (Wildman–Crippen LogP) is 4.72. The number of hydrogen-bond acceptors (Lipinski definition) is 3. The van der Waals surface area contributed by atoms with E-state index in [9.17, 15) is 4.79 Å². The Kier molecular flexibility index (Phi) is 5.83. The van der Waals surface area contributed by atoms with Crippen LogP contribution in [0.15, 0.2) is 12.7 Å². The van der Waals surface area contributed by atoms with Crippen molar-refractivity contribution in [1.29, 1.82) is 0 Å². The van der Waals surface area contributed by atoms with E-state index in [4.69, 9.17) is 9.39 Å². The SMILES string of the molecule is C=CC[N+]1=C(C)O[B-](C2CCCCC2)(C2CCCCC2)[C@@]1(C)C(=O)OC. The topological polar surface area (TPSA) is 38.5 Å². The van der Waals surface area contributed by atoms with Crippen LogP contribution in [-0.4, -0.2) is 41.9 Å². The number of carbonyl (C=O) groups is 1. The predicted molar refractivity (Wildman–Crippen MR) is 107 cm³/mol. The Hall–Kier alpha value is -1.26. The summed E-state index contributed by atoms with van der Waals surface area (Å²) in [5.41, 5.74) is -0.725. The van der Waals surface area contributed by atoms with Crippen molar-refractivity contribution in [2.24, 2.45) is 0 Å². The number of nitrogens with zero attached hydrogens (tertiary/aromatic N) is 1. The van der Waals surface area contributed by atoms with Gasteiger partial charge in [0.2, 0.25) is 0 Å². The molecule has 0 aromatic rings. The first kappa shape index (κ1) is 19.5. The molecule has 4 nitrogen and oxygen atoms in total. The first-order chi connectivity index (χ1) is 12.5. The highest BCUT2D eigenvalue weighted by atomic mass is 16.5. The summed E-state index contributed by atoms with van der Waals surface area (Å²) in [4.78, 5) is 13.3. The molecule has 26 heavy (non-hydrogen) atoms. The van der Waals surface area contributed by atoms with Crippen LogP contribution in [0.1, 0.15) is 78.1 Å². The summed E-state index contributed by atoms with van der Waals surface area (Å²) >= 11 is 0. The number of rotatable bonds is 5. The van der Waals surface area contributed by atoms with Crippen LogP contribution in [0.25, 0.3) is 0 Å². The molecule has 5 heteroatoms. The van der Waals surface area contributed by atoms with Gasteiger partial charge in [0.15, 0.2) is 12.0 Å². The molecule has 2 saturated carbocycles. The highest BCUT2D eigenvalue weighted by Gasteiger charge is 2.69. The van der Waals surface area contributed by atoms with Crippen LogP contribution in [0.4, 0.5) is 0 Å². The second-order valence-corrected chi connectivity index (χ2v) is 8.89. The summed E-state index contributed by atoms with van der Waals surface area (Å²) < 4.78 is 14.4. The van der Waals surface area contributed by atoms with Crippen LogP contribution < -0.4 is 0 Å². The van der Waals surface area contributed by atoms with Gasteiger partial charge in [-0.1, -0.05) is 70.8 Å². The van der Waals surface area contributed by atoms with E-state index >= 15 is 0 Å². The van der Waals surface area contributed by atoms with E-state index in [-0.39, 0.29) is 5.97 Å². The van der Waals surface area contributed by atoms with Crippen molar-refractivity contribution in [2.75, 3.05) is 13.7 Å². The molecule has 0 aromatic carbocycles. The standard InChI is InChI=1S/C21H36BNO3/c1-5-16-23-17(2)26-22(18-12-8-6-9-13-18,19-14-10-7-11-15-19)21(23,3)20(24)25-4/h5,18-19H,1,6-16H2,2-4H3/t21-/m1/s1. The van der Waals surface area contributed by atoms with Crippen LogP contribution in [0.5, 0.6) is 0 Å². The van der Waals surface area contributed by atoms with Gasteiger partial charge in [-0.15, -0.1) is 11.6 Å². The second kappa shape index (κ2) is 7.78. The van der Waals surface area contributed by atoms with Crippen LogP contribution in [0.3, 0.4) is 0 Å². The number of carbonyl (C=O) groups excluding carboxylic acids is 1. The van der Waals surface area contributed by atoms with Gasteiger partial charge in [0.1, 0.15) is 0 Å². The lowest BCUT2D eigenvalue weighted by Crippen LogP contribution is -2.69. The Morgan fingerprint density at radius 3 is 2.12 bits per heavy atom. The number of hydrogen-bond donors (Lipinski definition) is 0. The lowest BCUT2D eigenvalue weighted by molar-refractivity contribution is -0.560. The van der Waals surface area contributed by atoms with Gasteiger partial charge in [-0.05, 0) is 13.0 Å². The van der Waals surface area contributed by atoms with E-state index in [1.165, 1.54) is 71.3 Å². The maximum absolute atomic E-state index is 13.3. The minimum absolute atomic E-state index is 0.132. The minimum Gasteiger partial charge on any atom is -0.663 e. The molecule has 0 aromatic heterocycles. The molecule has 0 bridgehead atoms. The van der Waals surface area contributed by atoms with Crippen molar-refractivity contribution in [3.63, 3.8) is 0 Å². The third-order valence-corrected chi connectivity index (χ3v) is 7.80. The molecule has 0 saturated heterocycles. The summed E-state index contributed by atoms with van der Waals surface area (Å²) in [5, 5.41) is 0. The average Bonchev–Trinajstić information content (AvgIpc) is 2.92. The van der Waals surface area contributed by atoms with Gasteiger partial charge in [0.25, 0.3) is 12.2 Å². The molecule has 0 unspecified atom stereocenters. The zero-order valence-corrected chi connectivity index (χ0v) is 17.0. The van der Waals surface area contributed by atoms with Crippen molar-refractivity contribution in [1.82, 2.24) is 0 Å². The van der Waals surface area contributed by atoms with Crippen LogP contribution >= 0.6 is 0 Å². The van der Waals surface area contributed by atoms with E-state index in [1.807, 2.05) is 13.0 Å². The highest BCUT2D eigenvalue weighted by molar-refractivity contribution is 6.84. The quantitative estimate of drug-likeness (QED) is 0.308. The van der Waals surface area contributed by atoms with Crippen molar-refractivity contribution >= 4 is 18.2 Å². The third kappa shape index (κ3) is 2.82. The molecular weight excluding hydrogens is 325 g/mol. The minimum atomic E-state index is -1.37. The van der Waals surface area contributed by atoms with Gasteiger partial charge >= 0.3 is 5.97 Å². The van der Waals surface area contributed by atoms with Crippen LogP contribution in [0.2, 0.25) is 11.6 Å². The molecule has 1 aliphatic heterocycles. The number of methoxy groups -OCH3 is 1. The Morgan fingerprint density at radius 1 is 1.19 bits per heavy atom. The summed E-state index contributed by atoms with van der Waals surface area (Å²) in [7, 11) is 1.52. The molecule has 0 spiro atoms. The largest absolute Gasteiger partial charge is 0.663 e. The number of esters is 1. The molecule has 0 N–H and O–H groups in total. The maximum atomic E-state index is 13.3. The van der Waals surface area contributed by atoms with E-state index in [0.29, 0.717) is 18.2 Å². The lowest BCUT2D eigenvalue weighted by Gasteiger charge is -2.54. The van der Waals surface area contributed by atoms with Gasteiger partial charge in [0.05, 0.1) is 14.0 Å². The maximum Gasteiger partial charge on any atom is 0.341 e. The Morgan fingerprint density at radius 2 is 1.69 bits per heavy atom. The second-order valence-electron chi connectivity index (χ2n) is 8.89. The Labute approximate surface area is 159 Å². The van der Waals surface area contributed by atoms with Crippen LogP contribution in [-0.2, 0) is 14.2 Å². The van der Waals surface area contributed by atoms with E-state index in [1.54, 1.807) is 0 Å². The fraction of sp³-hybridized carbons (Fsp3) is 0.810. The first-order valence-corrected chi connectivity index (χ1v) is 10.7. The van der Waals surface area contributed by atoms with Crippen molar-refractivity contribution in [2.45, 2.75) is 95.1 Å². The lowest BCUT2D eigenvalue weighted by atomic mass is 9.15. The molecular formula is C21H36BNO3. The fourth-order valence-electron chi connectivity index (χ4n) is 6.73. The van der Waals surface area contributed by atoms with E-state index in [0.717, 1.165) is 5.90 Å². The van der Waals surface area contributed by atoms with Crippen molar-refractivity contribution in [3.05, 3.63) is 12.7 Å². The monoisotopic (exact) mass is 361 g/mol. The smallest absolute Gasteiger partial charge is 0.341 e. The zero-order chi connectivity index (χ0) is 18.8. The molecule has 3 aliphatic rings. The van der Waals surface area contributed by atoms with Crippen molar-refractivity contribution in [3.8, 4) is 0 Å². The average molecular weight is 361 g/mol. The van der Waals surface area contributed by atoms with Gasteiger partial charge in [-0.3, -0.25) is 0 Å². The first-order valence-electron chi connectivity index (χ1n) is 10.7. The molecule has 0 radical (unpaired) electrons. The van der Waals surface area contributed by atoms with Gasteiger partial charge < -0.3 is 9.39 Å². The molecule has 1 heterocycles. The summed E-state index contributed by atoms with van der Waals surface area (Å²) in [6, 6.07) is 0. The zero-order valence-electron chi connectivity index (χ0n) is 17.0. The molecule has 3 rings (SSSR count). The summed E-state index contributed by atoms with van der Waals surface area (Å²) in [6.07, 6.45) is 12.8. The van der Waals surface area contributed by atoms with Gasteiger partial charge in [-0.2, -0.15) is 0 Å². The summed E-state index contributed by atoms with van der Waals surface area (Å²) in [6.45, 7) is 8.68. The van der Waals surface area contributed by atoms with E-state index in [2.05, 4.69) is 18.1 Å². The molecule has 2 fully saturated rings. The van der Waals surface area contributed by atoms with Gasteiger partial charge in [-0.25, -0.2) is 9.37 Å². The number of ether oxygens (including phenoxy) is 1. The highest BCUT2D eigenvalue weighted by Crippen LogP contribution is 2.56. The Balaban J connectivity index is 2.14. The van der Waals surface area contributed by atoms with Crippen molar-refractivity contribution < 1.29 is 18.8 Å². The Bertz CT molecular complexity index is 558. The fourth-order valence-corrected chi connectivity index (χ4v) is 6.73. The third-order valence-electron chi connectivity index (χ3n) is 7.80. The molecule has 146 valence electrons. The molecule has 1 atom stereocenters. The van der Waals surface area contributed by atoms with Gasteiger partial charge in [0, 0.05) is 0 Å². The molecule has 2 aliphatic carbocycles. The molecule has 0 amide bonds. The van der Waals surface area contributed by atoms with Crippen LogP contribution in [0, 0.1) is 0 Å². The van der Waals surface area contributed by atoms with E-state index < -0.39 is 11.8 Å². The summed E-state index contributed by atoms with van der Waals surface area (Å²) in [5.74, 6) is 1.70.